The van der Waals surface area contributed by atoms with Gasteiger partial charge < -0.3 is 14.6 Å². The molecule has 4 heterocycles. The second kappa shape index (κ2) is 6.39. The van der Waals surface area contributed by atoms with Gasteiger partial charge in [-0.15, -0.1) is 0 Å². The summed E-state index contributed by atoms with van der Waals surface area (Å²) in [4.78, 5) is 18.3. The minimum atomic E-state index is 0.620. The number of fused-ring (bicyclic) bond motifs is 2. The van der Waals surface area contributed by atoms with Gasteiger partial charge in [0.2, 0.25) is 0 Å². The number of nitrogens with zero attached hydrogens (tertiary/aromatic N) is 5. The minimum absolute atomic E-state index is 0.620. The molecule has 0 aliphatic carbocycles. The molecule has 4 aromatic rings. The first-order valence-corrected chi connectivity index (χ1v) is 9.02. The molecule has 0 radical (unpaired) electrons. The van der Waals surface area contributed by atoms with Crippen LogP contribution in [0.15, 0.2) is 36.9 Å². The van der Waals surface area contributed by atoms with Crippen LogP contribution in [0.3, 0.4) is 0 Å². The normalized spacial score (nSPS) is 13.7. The number of hydrogen-bond acceptors (Lipinski definition) is 6. The summed E-state index contributed by atoms with van der Waals surface area (Å²) >= 11 is 0. The van der Waals surface area contributed by atoms with Gasteiger partial charge in [0.05, 0.1) is 12.9 Å². The van der Waals surface area contributed by atoms with Gasteiger partial charge in [0, 0.05) is 36.3 Å². The van der Waals surface area contributed by atoms with E-state index in [1.807, 2.05) is 25.1 Å². The highest BCUT2D eigenvalue weighted by molar-refractivity contribution is 5.83. The van der Waals surface area contributed by atoms with Crippen LogP contribution in [-0.4, -0.2) is 43.3 Å². The first-order chi connectivity index (χ1) is 13.3. The van der Waals surface area contributed by atoms with Crippen molar-refractivity contribution in [1.29, 1.82) is 0 Å². The van der Waals surface area contributed by atoms with Gasteiger partial charge in [-0.25, -0.2) is 15.0 Å². The molecule has 0 atom stereocenters. The van der Waals surface area contributed by atoms with E-state index >= 15 is 0 Å². The van der Waals surface area contributed by atoms with Crippen molar-refractivity contribution in [2.75, 3.05) is 18.1 Å². The molecule has 2 N–H and O–H groups in total. The number of nitrogens with one attached hydrogen (secondary N) is 2. The zero-order chi connectivity index (χ0) is 18.2. The molecule has 0 bridgehead atoms. The van der Waals surface area contributed by atoms with Gasteiger partial charge in [-0.1, -0.05) is 12.1 Å². The summed E-state index contributed by atoms with van der Waals surface area (Å²) in [7, 11) is 0. The number of ether oxygens (including phenoxy) is 1. The molecule has 0 amide bonds. The number of imidazole rings is 1. The average molecular weight is 361 g/mol. The van der Waals surface area contributed by atoms with Crippen LogP contribution < -0.4 is 9.64 Å². The highest BCUT2D eigenvalue weighted by atomic mass is 16.5. The van der Waals surface area contributed by atoms with Crippen molar-refractivity contribution < 1.29 is 4.74 Å². The Labute approximate surface area is 155 Å². The predicted octanol–water partition coefficient (Wildman–Crippen LogP) is 2.70. The van der Waals surface area contributed by atoms with Crippen molar-refractivity contribution in [2.45, 2.75) is 19.9 Å². The van der Waals surface area contributed by atoms with E-state index < -0.39 is 0 Å². The minimum Gasteiger partial charge on any atom is -0.493 e. The molecule has 1 aliphatic heterocycles. The maximum Gasteiger partial charge on any atom is 0.182 e. The van der Waals surface area contributed by atoms with Crippen LogP contribution in [0.1, 0.15) is 18.2 Å². The number of rotatable bonds is 4. The molecule has 5 rings (SSSR count). The number of benzene rings is 1. The molecule has 8 heteroatoms. The number of anilines is 1. The van der Waals surface area contributed by atoms with Crippen LogP contribution in [0, 0.1) is 0 Å². The number of para-hydroxylation sites is 1. The summed E-state index contributed by atoms with van der Waals surface area (Å²) < 4.78 is 5.81. The monoisotopic (exact) mass is 361 g/mol. The molecular weight excluding hydrogens is 342 g/mol. The van der Waals surface area contributed by atoms with E-state index in [4.69, 9.17) is 4.74 Å². The first kappa shape index (κ1) is 15.8. The molecule has 0 saturated heterocycles. The molecule has 27 heavy (non-hydrogen) atoms. The quantitative estimate of drug-likeness (QED) is 0.580. The highest BCUT2D eigenvalue weighted by Gasteiger charge is 2.26. The Hall–Kier alpha value is -3.42. The van der Waals surface area contributed by atoms with Gasteiger partial charge in [0.1, 0.15) is 23.3 Å². The van der Waals surface area contributed by atoms with E-state index in [0.717, 1.165) is 41.3 Å². The fraction of sp³-hybridized carbons (Fsp3) is 0.263. The van der Waals surface area contributed by atoms with Gasteiger partial charge in [-0.2, -0.15) is 5.10 Å². The molecule has 1 aromatic carbocycles. The third-order valence-corrected chi connectivity index (χ3v) is 4.88. The lowest BCUT2D eigenvalue weighted by Crippen LogP contribution is -2.31. The number of aromatic nitrogens is 6. The number of aromatic amines is 2. The van der Waals surface area contributed by atoms with E-state index in [2.05, 4.69) is 41.1 Å². The molecule has 0 fully saturated rings. The summed E-state index contributed by atoms with van der Waals surface area (Å²) in [6.07, 6.45) is 4.09. The van der Waals surface area contributed by atoms with Crippen molar-refractivity contribution in [3.63, 3.8) is 0 Å². The predicted molar refractivity (Wildman–Crippen MR) is 102 cm³/mol. The second-order valence-corrected chi connectivity index (χ2v) is 6.43. The van der Waals surface area contributed by atoms with E-state index in [1.165, 1.54) is 11.3 Å². The summed E-state index contributed by atoms with van der Waals surface area (Å²) in [6, 6.07) is 8.03. The lowest BCUT2D eigenvalue weighted by atomic mass is 10.0. The zero-order valence-corrected chi connectivity index (χ0v) is 14.9. The largest absolute Gasteiger partial charge is 0.493 e. The molecule has 0 spiro atoms. The maximum atomic E-state index is 5.81. The lowest BCUT2D eigenvalue weighted by molar-refractivity contribution is 0.341. The van der Waals surface area contributed by atoms with Gasteiger partial charge in [-0.3, -0.25) is 5.10 Å². The van der Waals surface area contributed by atoms with Crippen molar-refractivity contribution in [2.24, 2.45) is 0 Å². The Bertz CT molecular complexity index is 1100. The fourth-order valence-electron chi connectivity index (χ4n) is 3.63. The Balaban J connectivity index is 1.55. The van der Waals surface area contributed by atoms with Crippen LogP contribution in [0.5, 0.6) is 5.75 Å². The standard InChI is InChI=1S/C19H19N7O/c1-2-27-15-6-4-3-5-12(15)16-13-9-26(8-7-14(13)24-25-16)19-17-18(21-10-20-17)22-11-23-19/h3-6,10-11H,2,7-9H2,1H3,(H,24,25)(H,20,21,22,23). The Kier molecular flexibility index (Phi) is 3.74. The molecule has 0 saturated carbocycles. The zero-order valence-electron chi connectivity index (χ0n) is 14.9. The van der Waals surface area contributed by atoms with E-state index in [-0.39, 0.29) is 0 Å². The van der Waals surface area contributed by atoms with Crippen LogP contribution in [0.4, 0.5) is 5.82 Å². The van der Waals surface area contributed by atoms with E-state index in [9.17, 15) is 0 Å². The molecular formula is C19H19N7O. The maximum absolute atomic E-state index is 5.81. The first-order valence-electron chi connectivity index (χ1n) is 9.02. The second-order valence-electron chi connectivity index (χ2n) is 6.43. The summed E-state index contributed by atoms with van der Waals surface area (Å²) in [5.41, 5.74) is 5.84. The Morgan fingerprint density at radius 3 is 3.04 bits per heavy atom. The summed E-state index contributed by atoms with van der Waals surface area (Å²) in [6.45, 7) is 4.18. The fourth-order valence-corrected chi connectivity index (χ4v) is 3.63. The molecule has 1 aliphatic rings. The van der Waals surface area contributed by atoms with Gasteiger partial charge >= 0.3 is 0 Å². The van der Waals surface area contributed by atoms with Crippen LogP contribution in [0.2, 0.25) is 0 Å². The van der Waals surface area contributed by atoms with E-state index in [0.29, 0.717) is 18.8 Å². The molecule has 136 valence electrons. The van der Waals surface area contributed by atoms with Crippen LogP contribution in [0.25, 0.3) is 22.4 Å². The topological polar surface area (TPSA) is 95.6 Å². The highest BCUT2D eigenvalue weighted by Crippen LogP contribution is 2.35. The molecule has 3 aromatic heterocycles. The average Bonchev–Trinajstić information content (AvgIpc) is 3.35. The summed E-state index contributed by atoms with van der Waals surface area (Å²) in [5, 5.41) is 7.82. The van der Waals surface area contributed by atoms with Crippen molar-refractivity contribution in [3.8, 4) is 17.0 Å². The smallest absolute Gasteiger partial charge is 0.182 e. The van der Waals surface area contributed by atoms with Crippen molar-refractivity contribution in [1.82, 2.24) is 30.1 Å². The molecule has 8 nitrogen and oxygen atoms in total. The van der Waals surface area contributed by atoms with Gasteiger partial charge in [-0.05, 0) is 19.1 Å². The SMILES string of the molecule is CCOc1ccccc1-c1n[nH]c2c1CN(c1ncnc3nc[nH]c13)CC2. The number of hydrogen-bond donors (Lipinski definition) is 2. The van der Waals surface area contributed by atoms with Gasteiger partial charge in [0.15, 0.2) is 11.5 Å². The molecule has 0 unspecified atom stereocenters. The van der Waals surface area contributed by atoms with Crippen LogP contribution >= 0.6 is 0 Å². The van der Waals surface area contributed by atoms with Gasteiger partial charge in [0.25, 0.3) is 0 Å². The number of H-pyrrole nitrogens is 2. The third-order valence-electron chi connectivity index (χ3n) is 4.88. The summed E-state index contributed by atoms with van der Waals surface area (Å²) in [5.74, 6) is 1.72. The van der Waals surface area contributed by atoms with Crippen LogP contribution in [-0.2, 0) is 13.0 Å². The Morgan fingerprint density at radius 2 is 2.11 bits per heavy atom. The van der Waals surface area contributed by atoms with Crippen molar-refractivity contribution in [3.05, 3.63) is 48.2 Å². The lowest BCUT2D eigenvalue weighted by Gasteiger charge is -2.28. The third kappa shape index (κ3) is 2.61. The van der Waals surface area contributed by atoms with Crippen molar-refractivity contribution >= 4 is 17.0 Å². The van der Waals surface area contributed by atoms with E-state index in [1.54, 1.807) is 12.7 Å². The Morgan fingerprint density at radius 1 is 1.19 bits per heavy atom.